The van der Waals surface area contributed by atoms with E-state index < -0.39 is 0 Å². The largest absolute Gasteiger partial charge is 0.619 e. The maximum Gasteiger partial charge on any atom is 0.254 e. The first kappa shape index (κ1) is 15.1. The number of hydrogen-bond donors (Lipinski definition) is 0. The number of aromatic nitrogens is 1. The molecule has 3 rings (SSSR count). The molecule has 0 aliphatic carbocycles. The minimum atomic E-state index is -0.0278. The van der Waals surface area contributed by atoms with Crippen LogP contribution in [-0.2, 0) is 0 Å². The summed E-state index contributed by atoms with van der Waals surface area (Å²) in [6.45, 7) is 2.90. The molecule has 6 heteroatoms. The quantitative estimate of drug-likeness (QED) is 0.633. The van der Waals surface area contributed by atoms with Crippen molar-refractivity contribution in [1.29, 1.82) is 0 Å². The lowest BCUT2D eigenvalue weighted by Gasteiger charge is -2.36. The maximum atomic E-state index is 12.4. The minimum absolute atomic E-state index is 0.0278. The molecule has 2 aromatic rings. The molecule has 0 unspecified atom stereocenters. The summed E-state index contributed by atoms with van der Waals surface area (Å²) in [5.41, 5.74) is 1.68. The van der Waals surface area contributed by atoms with E-state index in [4.69, 9.17) is 4.74 Å². The van der Waals surface area contributed by atoms with E-state index in [2.05, 4.69) is 4.90 Å². The molecule has 1 amide bonds. The highest BCUT2D eigenvalue weighted by Crippen LogP contribution is 2.20. The monoisotopic (exact) mass is 313 g/mol. The number of ether oxygens (including phenoxy) is 1. The van der Waals surface area contributed by atoms with Gasteiger partial charge in [-0.2, -0.15) is 4.73 Å². The molecule has 1 aromatic carbocycles. The number of benzene rings is 1. The molecule has 23 heavy (non-hydrogen) atoms. The summed E-state index contributed by atoms with van der Waals surface area (Å²) in [6.07, 6.45) is 2.70. The molecule has 6 nitrogen and oxygen atoms in total. The Balaban J connectivity index is 1.61. The zero-order chi connectivity index (χ0) is 16.2. The number of carbonyl (C=O) groups is 1. The van der Waals surface area contributed by atoms with Crippen molar-refractivity contribution in [2.45, 2.75) is 0 Å². The van der Waals surface area contributed by atoms with Gasteiger partial charge in [-0.05, 0) is 24.3 Å². The first-order valence-corrected chi connectivity index (χ1v) is 7.54. The highest BCUT2D eigenvalue weighted by Gasteiger charge is 2.22. The summed E-state index contributed by atoms with van der Waals surface area (Å²) in [5, 5.41) is 11.0. The Kier molecular flexibility index (Phi) is 4.32. The zero-order valence-electron chi connectivity index (χ0n) is 13.0. The molecule has 0 bridgehead atoms. The van der Waals surface area contributed by atoms with E-state index >= 15 is 0 Å². The van der Waals surface area contributed by atoms with Gasteiger partial charge in [-0.1, -0.05) is 0 Å². The number of anilines is 1. The van der Waals surface area contributed by atoms with E-state index in [-0.39, 0.29) is 5.91 Å². The summed E-state index contributed by atoms with van der Waals surface area (Å²) < 4.78 is 5.85. The number of rotatable bonds is 3. The summed E-state index contributed by atoms with van der Waals surface area (Å²) >= 11 is 0. The number of amides is 1. The Morgan fingerprint density at radius 2 is 1.65 bits per heavy atom. The molecular weight excluding hydrogens is 294 g/mol. The van der Waals surface area contributed by atoms with Gasteiger partial charge in [0, 0.05) is 44.0 Å². The normalized spacial score (nSPS) is 14.7. The predicted octanol–water partition coefficient (Wildman–Crippen LogP) is 1.29. The van der Waals surface area contributed by atoms with Crippen LogP contribution < -0.4 is 14.4 Å². The van der Waals surface area contributed by atoms with Crippen molar-refractivity contribution < 1.29 is 14.3 Å². The molecule has 1 aliphatic rings. The first-order valence-electron chi connectivity index (χ1n) is 7.54. The van der Waals surface area contributed by atoms with Crippen LogP contribution in [0.15, 0.2) is 48.8 Å². The van der Waals surface area contributed by atoms with Gasteiger partial charge in [0.1, 0.15) is 5.75 Å². The Bertz CT molecular complexity index is 662. The third-order valence-corrected chi connectivity index (χ3v) is 4.05. The SMILES string of the molecule is COc1ccc(N2CCN(C(=O)c3cc[n+]([O-])cc3)CC2)cc1. The number of piperazine rings is 1. The molecule has 1 saturated heterocycles. The molecular formula is C17H19N3O3. The molecule has 120 valence electrons. The molecule has 0 radical (unpaired) electrons. The van der Waals surface area contributed by atoms with Gasteiger partial charge in [0.2, 0.25) is 0 Å². The summed E-state index contributed by atoms with van der Waals surface area (Å²) in [5.74, 6) is 0.808. The van der Waals surface area contributed by atoms with E-state index in [1.165, 1.54) is 12.4 Å². The Labute approximate surface area is 135 Å². The van der Waals surface area contributed by atoms with Gasteiger partial charge < -0.3 is 19.7 Å². The lowest BCUT2D eigenvalue weighted by molar-refractivity contribution is -0.605. The standard InChI is InChI=1S/C17H19N3O3/c1-23-16-4-2-15(3-5-16)18-10-12-19(13-11-18)17(21)14-6-8-20(22)9-7-14/h2-9H,10-13H2,1H3. The van der Waals surface area contributed by atoms with E-state index in [0.29, 0.717) is 23.4 Å². The third kappa shape index (κ3) is 3.36. The first-order chi connectivity index (χ1) is 11.2. The van der Waals surface area contributed by atoms with Crippen LogP contribution >= 0.6 is 0 Å². The van der Waals surface area contributed by atoms with Crippen molar-refractivity contribution >= 4 is 11.6 Å². The fraction of sp³-hybridized carbons (Fsp3) is 0.294. The lowest BCUT2D eigenvalue weighted by Crippen LogP contribution is -2.48. The summed E-state index contributed by atoms with van der Waals surface area (Å²) in [4.78, 5) is 16.5. The molecule has 0 N–H and O–H groups in total. The predicted molar refractivity (Wildman–Crippen MR) is 86.5 cm³/mol. The van der Waals surface area contributed by atoms with Gasteiger partial charge in [-0.15, -0.1) is 0 Å². The van der Waals surface area contributed by atoms with Gasteiger partial charge in [0.15, 0.2) is 12.4 Å². The Hall–Kier alpha value is -2.76. The van der Waals surface area contributed by atoms with Crippen molar-refractivity contribution in [3.8, 4) is 5.75 Å². The van der Waals surface area contributed by atoms with E-state index in [1.54, 1.807) is 19.2 Å². The van der Waals surface area contributed by atoms with Crippen LogP contribution in [0.5, 0.6) is 5.75 Å². The molecule has 0 atom stereocenters. The topological polar surface area (TPSA) is 59.7 Å². The zero-order valence-corrected chi connectivity index (χ0v) is 13.0. The molecule has 0 saturated carbocycles. The van der Waals surface area contributed by atoms with E-state index in [1.807, 2.05) is 29.2 Å². The fourth-order valence-corrected chi connectivity index (χ4v) is 2.70. The van der Waals surface area contributed by atoms with Crippen LogP contribution in [0.25, 0.3) is 0 Å². The van der Waals surface area contributed by atoms with Crippen LogP contribution in [0.2, 0.25) is 0 Å². The van der Waals surface area contributed by atoms with Gasteiger partial charge in [-0.3, -0.25) is 4.79 Å². The van der Waals surface area contributed by atoms with Crippen molar-refractivity contribution in [3.05, 3.63) is 59.6 Å². The van der Waals surface area contributed by atoms with Crippen LogP contribution in [0.1, 0.15) is 10.4 Å². The number of carbonyl (C=O) groups excluding carboxylic acids is 1. The maximum absolute atomic E-state index is 12.4. The van der Waals surface area contributed by atoms with Gasteiger partial charge in [0.25, 0.3) is 5.91 Å². The number of methoxy groups -OCH3 is 1. The highest BCUT2D eigenvalue weighted by atomic mass is 16.5. The van der Waals surface area contributed by atoms with Gasteiger partial charge in [-0.25, -0.2) is 0 Å². The smallest absolute Gasteiger partial charge is 0.254 e. The average molecular weight is 313 g/mol. The molecule has 1 aromatic heterocycles. The summed E-state index contributed by atoms with van der Waals surface area (Å²) in [7, 11) is 1.65. The van der Waals surface area contributed by atoms with Gasteiger partial charge >= 0.3 is 0 Å². The highest BCUT2D eigenvalue weighted by molar-refractivity contribution is 5.94. The number of hydrogen-bond acceptors (Lipinski definition) is 4. The Morgan fingerprint density at radius 1 is 1.04 bits per heavy atom. The second-order valence-electron chi connectivity index (χ2n) is 5.42. The van der Waals surface area contributed by atoms with Crippen molar-refractivity contribution in [2.24, 2.45) is 0 Å². The second kappa shape index (κ2) is 6.56. The number of nitrogens with zero attached hydrogens (tertiary/aromatic N) is 3. The van der Waals surface area contributed by atoms with E-state index in [0.717, 1.165) is 24.5 Å². The third-order valence-electron chi connectivity index (χ3n) is 4.05. The average Bonchev–Trinajstić information content (AvgIpc) is 2.62. The number of pyridine rings is 1. The molecule has 0 spiro atoms. The van der Waals surface area contributed by atoms with Crippen LogP contribution in [0.3, 0.4) is 0 Å². The van der Waals surface area contributed by atoms with Crippen molar-refractivity contribution in [2.75, 3.05) is 38.2 Å². The lowest BCUT2D eigenvalue weighted by atomic mass is 10.2. The molecule has 2 heterocycles. The second-order valence-corrected chi connectivity index (χ2v) is 5.42. The van der Waals surface area contributed by atoms with Crippen LogP contribution in [-0.4, -0.2) is 44.1 Å². The van der Waals surface area contributed by atoms with Crippen LogP contribution in [0, 0.1) is 5.21 Å². The van der Waals surface area contributed by atoms with Crippen molar-refractivity contribution in [3.63, 3.8) is 0 Å². The van der Waals surface area contributed by atoms with Crippen LogP contribution in [0.4, 0.5) is 5.69 Å². The van der Waals surface area contributed by atoms with E-state index in [9.17, 15) is 10.0 Å². The fourth-order valence-electron chi connectivity index (χ4n) is 2.70. The minimum Gasteiger partial charge on any atom is -0.619 e. The van der Waals surface area contributed by atoms with Crippen molar-refractivity contribution in [1.82, 2.24) is 4.90 Å². The molecule has 1 fully saturated rings. The molecule has 1 aliphatic heterocycles. The Morgan fingerprint density at radius 3 is 2.22 bits per heavy atom. The van der Waals surface area contributed by atoms with Gasteiger partial charge in [0.05, 0.1) is 12.7 Å². The summed E-state index contributed by atoms with van der Waals surface area (Å²) in [6, 6.07) is 11.1.